The number of rotatable bonds is 5. The summed E-state index contributed by atoms with van der Waals surface area (Å²) >= 11 is 0. The zero-order valence-electron chi connectivity index (χ0n) is 14.1. The van der Waals surface area contributed by atoms with Gasteiger partial charge in [-0.15, -0.1) is 12.4 Å². The Bertz CT molecular complexity index is 863. The number of pyridine rings is 1. The molecular formula is C17H21ClN6O. The third kappa shape index (κ3) is 4.39. The van der Waals surface area contributed by atoms with Crippen LogP contribution < -0.4 is 16.0 Å². The summed E-state index contributed by atoms with van der Waals surface area (Å²) in [7, 11) is 1.90. The minimum Gasteiger partial charge on any atom is -0.366 e. The third-order valence-corrected chi connectivity index (χ3v) is 3.71. The molecule has 0 spiro atoms. The van der Waals surface area contributed by atoms with E-state index in [1.54, 1.807) is 17.1 Å². The molecule has 0 saturated heterocycles. The first kappa shape index (κ1) is 18.5. The number of urea groups is 1. The standard InChI is InChI=1S/C17H20N6O.ClH/c1-3-18-17(24)22-15-9-12-5-4-6-13(14(12)11-19-15)10-20-16-7-8-21-23(16)2;/h4-9,11,20H,3,10H2,1-2H3,(H2,18,19,22,24);1H. The SMILES string of the molecule is CCNC(=O)Nc1cc2cccc(CNc3ccnn3C)c2cn1.Cl. The normalized spacial score (nSPS) is 10.2. The molecule has 0 fully saturated rings. The predicted octanol–water partition coefficient (Wildman–Crippen LogP) is 3.14. The zero-order valence-corrected chi connectivity index (χ0v) is 14.9. The Kier molecular flexibility index (Phi) is 6.19. The van der Waals surface area contributed by atoms with Crippen molar-refractivity contribution in [3.8, 4) is 0 Å². The molecule has 0 aliphatic heterocycles. The van der Waals surface area contributed by atoms with Gasteiger partial charge in [0.15, 0.2) is 0 Å². The molecule has 2 aromatic heterocycles. The highest BCUT2D eigenvalue weighted by Gasteiger charge is 2.06. The van der Waals surface area contributed by atoms with Crippen LogP contribution in [0.4, 0.5) is 16.4 Å². The number of hydrogen-bond acceptors (Lipinski definition) is 4. The molecule has 0 aliphatic rings. The van der Waals surface area contributed by atoms with E-state index in [4.69, 9.17) is 0 Å². The van der Waals surface area contributed by atoms with E-state index in [-0.39, 0.29) is 18.4 Å². The Hall–Kier alpha value is -2.80. The maximum atomic E-state index is 11.6. The summed E-state index contributed by atoms with van der Waals surface area (Å²) in [5.41, 5.74) is 1.13. The number of nitrogens with one attached hydrogen (secondary N) is 3. The number of aromatic nitrogens is 3. The van der Waals surface area contributed by atoms with Crippen LogP contribution in [0.2, 0.25) is 0 Å². The van der Waals surface area contributed by atoms with Crippen LogP contribution in [0.3, 0.4) is 0 Å². The Labute approximate surface area is 152 Å². The molecule has 0 atom stereocenters. The second-order valence-electron chi connectivity index (χ2n) is 5.39. The predicted molar refractivity (Wildman–Crippen MR) is 102 cm³/mol. The molecule has 3 N–H and O–H groups in total. The number of hydrogen-bond donors (Lipinski definition) is 3. The molecule has 132 valence electrons. The van der Waals surface area contributed by atoms with Gasteiger partial charge in [-0.2, -0.15) is 5.10 Å². The van der Waals surface area contributed by atoms with E-state index in [1.165, 1.54) is 0 Å². The van der Waals surface area contributed by atoms with E-state index in [1.807, 2.05) is 38.2 Å². The summed E-state index contributed by atoms with van der Waals surface area (Å²) in [5.74, 6) is 1.49. The summed E-state index contributed by atoms with van der Waals surface area (Å²) in [6.07, 6.45) is 3.55. The second kappa shape index (κ2) is 8.34. The van der Waals surface area contributed by atoms with Crippen LogP contribution in [0, 0.1) is 0 Å². The van der Waals surface area contributed by atoms with Crippen LogP contribution in [0.15, 0.2) is 42.7 Å². The van der Waals surface area contributed by atoms with Gasteiger partial charge in [-0.25, -0.2) is 9.78 Å². The first-order valence-corrected chi connectivity index (χ1v) is 7.81. The molecule has 0 radical (unpaired) electrons. The number of carbonyl (C=O) groups is 1. The van der Waals surface area contributed by atoms with Crippen LogP contribution >= 0.6 is 12.4 Å². The Balaban J connectivity index is 0.00000225. The van der Waals surface area contributed by atoms with Gasteiger partial charge in [0.05, 0.1) is 6.20 Å². The fourth-order valence-corrected chi connectivity index (χ4v) is 2.51. The highest BCUT2D eigenvalue weighted by molar-refractivity contribution is 5.92. The summed E-state index contributed by atoms with van der Waals surface area (Å²) < 4.78 is 1.79. The number of amides is 2. The molecule has 0 unspecified atom stereocenters. The Morgan fingerprint density at radius 3 is 2.84 bits per heavy atom. The van der Waals surface area contributed by atoms with Crippen LogP contribution in [-0.4, -0.2) is 27.3 Å². The van der Waals surface area contributed by atoms with Crippen LogP contribution in [0.1, 0.15) is 12.5 Å². The number of carbonyl (C=O) groups excluding carboxylic acids is 1. The fraction of sp³-hybridized carbons (Fsp3) is 0.235. The molecule has 0 bridgehead atoms. The van der Waals surface area contributed by atoms with Gasteiger partial charge < -0.3 is 10.6 Å². The number of aryl methyl sites for hydroxylation is 1. The summed E-state index contributed by atoms with van der Waals surface area (Å²) in [4.78, 5) is 15.9. The summed E-state index contributed by atoms with van der Waals surface area (Å²) in [5, 5.41) is 15.0. The molecule has 8 heteroatoms. The number of benzene rings is 1. The van der Waals surface area contributed by atoms with Gasteiger partial charge in [0, 0.05) is 37.8 Å². The molecule has 1 aromatic carbocycles. The van der Waals surface area contributed by atoms with Crippen molar-refractivity contribution in [1.29, 1.82) is 0 Å². The smallest absolute Gasteiger partial charge is 0.320 e. The van der Waals surface area contributed by atoms with Crippen molar-refractivity contribution in [3.05, 3.63) is 48.3 Å². The van der Waals surface area contributed by atoms with Crippen molar-refractivity contribution in [2.75, 3.05) is 17.2 Å². The molecule has 2 heterocycles. The maximum Gasteiger partial charge on any atom is 0.320 e. The van der Waals surface area contributed by atoms with E-state index in [0.29, 0.717) is 18.9 Å². The lowest BCUT2D eigenvalue weighted by Crippen LogP contribution is -2.28. The lowest BCUT2D eigenvalue weighted by Gasteiger charge is -2.11. The Morgan fingerprint density at radius 2 is 2.12 bits per heavy atom. The van der Waals surface area contributed by atoms with Gasteiger partial charge in [0.25, 0.3) is 0 Å². The first-order valence-electron chi connectivity index (χ1n) is 7.81. The van der Waals surface area contributed by atoms with E-state index >= 15 is 0 Å². The minimum absolute atomic E-state index is 0. The van der Waals surface area contributed by atoms with Gasteiger partial charge in [-0.05, 0) is 23.9 Å². The van der Waals surface area contributed by atoms with Crippen molar-refractivity contribution in [1.82, 2.24) is 20.1 Å². The molecular weight excluding hydrogens is 340 g/mol. The van der Waals surface area contributed by atoms with Gasteiger partial charge in [-0.3, -0.25) is 10.00 Å². The topological polar surface area (TPSA) is 83.9 Å². The van der Waals surface area contributed by atoms with Crippen molar-refractivity contribution in [3.63, 3.8) is 0 Å². The van der Waals surface area contributed by atoms with Crippen molar-refractivity contribution >= 4 is 40.8 Å². The third-order valence-electron chi connectivity index (χ3n) is 3.71. The number of nitrogens with zero attached hydrogens (tertiary/aromatic N) is 3. The zero-order chi connectivity index (χ0) is 16.9. The number of fused-ring (bicyclic) bond motifs is 1. The van der Waals surface area contributed by atoms with Gasteiger partial charge >= 0.3 is 6.03 Å². The summed E-state index contributed by atoms with van der Waals surface area (Å²) in [6.45, 7) is 3.11. The number of halogens is 1. The molecule has 2 amide bonds. The molecule has 0 aliphatic carbocycles. The van der Waals surface area contributed by atoms with Gasteiger partial charge in [0.1, 0.15) is 11.6 Å². The monoisotopic (exact) mass is 360 g/mol. The largest absolute Gasteiger partial charge is 0.366 e. The molecule has 3 rings (SSSR count). The van der Waals surface area contributed by atoms with Gasteiger partial charge in [-0.1, -0.05) is 18.2 Å². The molecule has 3 aromatic rings. The van der Waals surface area contributed by atoms with E-state index in [0.717, 1.165) is 22.2 Å². The molecule has 25 heavy (non-hydrogen) atoms. The second-order valence-corrected chi connectivity index (χ2v) is 5.39. The van der Waals surface area contributed by atoms with Crippen molar-refractivity contribution in [2.24, 2.45) is 7.05 Å². The molecule has 0 saturated carbocycles. The highest BCUT2D eigenvalue weighted by atomic mass is 35.5. The van der Waals surface area contributed by atoms with E-state index in [9.17, 15) is 4.79 Å². The van der Waals surface area contributed by atoms with E-state index in [2.05, 4.69) is 32.1 Å². The fourth-order valence-electron chi connectivity index (χ4n) is 2.51. The van der Waals surface area contributed by atoms with Gasteiger partial charge in [0.2, 0.25) is 0 Å². The average Bonchev–Trinajstić information content (AvgIpc) is 2.98. The summed E-state index contributed by atoms with van der Waals surface area (Å²) in [6, 6.07) is 9.62. The van der Waals surface area contributed by atoms with Crippen molar-refractivity contribution < 1.29 is 4.79 Å². The number of anilines is 2. The van der Waals surface area contributed by atoms with Crippen LogP contribution in [0.5, 0.6) is 0 Å². The Morgan fingerprint density at radius 1 is 1.28 bits per heavy atom. The minimum atomic E-state index is -0.252. The van der Waals surface area contributed by atoms with Crippen molar-refractivity contribution in [2.45, 2.75) is 13.5 Å². The van der Waals surface area contributed by atoms with Crippen LogP contribution in [-0.2, 0) is 13.6 Å². The first-order chi connectivity index (χ1) is 11.7. The lowest BCUT2D eigenvalue weighted by atomic mass is 10.1. The van der Waals surface area contributed by atoms with E-state index < -0.39 is 0 Å². The quantitative estimate of drug-likeness (QED) is 0.652. The highest BCUT2D eigenvalue weighted by Crippen LogP contribution is 2.21. The molecule has 7 nitrogen and oxygen atoms in total. The van der Waals surface area contributed by atoms with Crippen LogP contribution in [0.25, 0.3) is 10.8 Å². The lowest BCUT2D eigenvalue weighted by molar-refractivity contribution is 0.252. The average molecular weight is 361 g/mol. The maximum absolute atomic E-state index is 11.6.